The number of hydrogen-bond acceptors (Lipinski definition) is 6. The van der Waals surface area contributed by atoms with Crippen molar-refractivity contribution >= 4 is 21.8 Å². The summed E-state index contributed by atoms with van der Waals surface area (Å²) in [5.74, 6) is -1.09. The highest BCUT2D eigenvalue weighted by Crippen LogP contribution is 2.14. The molecule has 24 heavy (non-hydrogen) atoms. The molecular weight excluding hydrogens is 334 g/mol. The van der Waals surface area contributed by atoms with Crippen LogP contribution < -0.4 is 0 Å². The molecule has 1 aromatic carbocycles. The summed E-state index contributed by atoms with van der Waals surface area (Å²) in [6.45, 7) is 4.73. The quantitative estimate of drug-likeness (QED) is 0.376. The Morgan fingerprint density at radius 3 is 2.33 bits per heavy atom. The van der Waals surface area contributed by atoms with Crippen molar-refractivity contribution in [2.24, 2.45) is 0 Å². The van der Waals surface area contributed by atoms with Crippen LogP contribution in [-0.2, 0) is 24.3 Å². The van der Waals surface area contributed by atoms with Gasteiger partial charge < -0.3 is 9.47 Å². The Balaban J connectivity index is 2.67. The average molecular weight is 355 g/mol. The van der Waals surface area contributed by atoms with Gasteiger partial charge in [-0.2, -0.15) is 0 Å². The molecule has 0 aromatic heterocycles. The summed E-state index contributed by atoms with van der Waals surface area (Å²) in [4.78, 5) is 23.7. The van der Waals surface area contributed by atoms with Gasteiger partial charge in [-0.3, -0.25) is 4.79 Å². The number of nitrogens with zero attached hydrogens (tertiary/aromatic N) is 1. The van der Waals surface area contributed by atoms with Gasteiger partial charge in [0, 0.05) is 19.7 Å². The predicted octanol–water partition coefficient (Wildman–Crippen LogP) is 1.25. The van der Waals surface area contributed by atoms with Gasteiger partial charge in [0.15, 0.2) is 18.5 Å². The minimum Gasteiger partial charge on any atom is -0.455 e. The molecule has 0 radical (unpaired) electrons. The molecule has 1 rings (SSSR count). The zero-order valence-electron chi connectivity index (χ0n) is 13.9. The molecule has 0 bridgehead atoms. The van der Waals surface area contributed by atoms with Gasteiger partial charge in [0.1, 0.15) is 0 Å². The van der Waals surface area contributed by atoms with E-state index in [2.05, 4.69) is 6.58 Å². The molecule has 7 nitrogen and oxygen atoms in total. The van der Waals surface area contributed by atoms with Gasteiger partial charge in [-0.05, 0) is 31.2 Å². The van der Waals surface area contributed by atoms with E-state index in [0.29, 0.717) is 0 Å². The van der Waals surface area contributed by atoms with E-state index in [0.717, 1.165) is 4.31 Å². The molecule has 1 atom stereocenters. The molecule has 0 aliphatic heterocycles. The third kappa shape index (κ3) is 5.26. The summed E-state index contributed by atoms with van der Waals surface area (Å²) < 4.78 is 34.9. The van der Waals surface area contributed by atoms with Crippen LogP contribution in [0.2, 0.25) is 0 Å². The molecule has 8 heteroatoms. The van der Waals surface area contributed by atoms with Crippen LogP contribution in [0.5, 0.6) is 0 Å². The Morgan fingerprint density at radius 1 is 1.25 bits per heavy atom. The molecule has 0 aliphatic rings. The number of ketones is 1. The second-order valence-electron chi connectivity index (χ2n) is 5.11. The lowest BCUT2D eigenvalue weighted by Gasteiger charge is -2.12. The molecule has 0 aliphatic carbocycles. The lowest BCUT2D eigenvalue weighted by Crippen LogP contribution is -2.26. The van der Waals surface area contributed by atoms with Crippen LogP contribution in [0.25, 0.3) is 0 Å². The molecule has 0 N–H and O–H groups in total. The van der Waals surface area contributed by atoms with Crippen LogP contribution in [0.1, 0.15) is 17.3 Å². The monoisotopic (exact) mass is 355 g/mol. The van der Waals surface area contributed by atoms with Crippen molar-refractivity contribution in [2.75, 3.05) is 27.3 Å². The fourth-order valence-electron chi connectivity index (χ4n) is 1.64. The molecule has 1 aromatic rings. The maximum atomic E-state index is 12.0. The predicted molar refractivity (Wildman–Crippen MR) is 88.2 cm³/mol. The van der Waals surface area contributed by atoms with Crippen molar-refractivity contribution < 1.29 is 27.5 Å². The highest BCUT2D eigenvalue weighted by Gasteiger charge is 2.19. The Kier molecular flexibility index (Phi) is 7.27. The van der Waals surface area contributed by atoms with Gasteiger partial charge >= 0.3 is 5.97 Å². The molecule has 132 valence electrons. The van der Waals surface area contributed by atoms with Crippen LogP contribution in [0.15, 0.2) is 41.8 Å². The maximum absolute atomic E-state index is 12.0. The van der Waals surface area contributed by atoms with Crippen molar-refractivity contribution in [3.05, 3.63) is 42.5 Å². The Labute approximate surface area is 141 Å². The molecule has 0 saturated heterocycles. The zero-order valence-corrected chi connectivity index (χ0v) is 14.7. The molecule has 0 saturated carbocycles. The summed E-state index contributed by atoms with van der Waals surface area (Å²) in [7, 11) is -0.713. The van der Waals surface area contributed by atoms with Gasteiger partial charge in [-0.25, -0.2) is 17.5 Å². The summed E-state index contributed by atoms with van der Waals surface area (Å²) in [6, 6.07) is 5.43. The molecule has 0 fully saturated rings. The van der Waals surface area contributed by atoms with E-state index in [1.165, 1.54) is 51.4 Å². The zero-order chi connectivity index (χ0) is 18.3. The first-order chi connectivity index (χ1) is 11.2. The normalized spacial score (nSPS) is 12.7. The van der Waals surface area contributed by atoms with Crippen molar-refractivity contribution in [1.29, 1.82) is 0 Å². The highest BCUT2D eigenvalue weighted by atomic mass is 32.2. The smallest absolute Gasteiger partial charge is 0.335 e. The largest absolute Gasteiger partial charge is 0.455 e. The number of esters is 1. The summed E-state index contributed by atoms with van der Waals surface area (Å²) in [5.41, 5.74) is 0.250. The van der Waals surface area contributed by atoms with Crippen LogP contribution in [0.4, 0.5) is 0 Å². The van der Waals surface area contributed by atoms with Gasteiger partial charge in [-0.1, -0.05) is 6.08 Å². The number of hydrogen-bond donors (Lipinski definition) is 0. The second kappa shape index (κ2) is 8.72. The number of Topliss-reactive ketones (excluding diaryl/α,β-unsaturated/α-hetero) is 1. The number of ether oxygens (including phenoxy) is 2. The third-order valence-electron chi connectivity index (χ3n) is 3.10. The summed E-state index contributed by atoms with van der Waals surface area (Å²) in [6.07, 6.45) is 0.696. The van der Waals surface area contributed by atoms with E-state index >= 15 is 0 Å². The number of rotatable bonds is 9. The van der Waals surface area contributed by atoms with E-state index < -0.39 is 34.5 Å². The fourth-order valence-corrected chi connectivity index (χ4v) is 2.54. The minimum absolute atomic E-state index is 0.0764. The Morgan fingerprint density at radius 2 is 1.83 bits per heavy atom. The van der Waals surface area contributed by atoms with Crippen molar-refractivity contribution in [3.8, 4) is 0 Å². The van der Waals surface area contributed by atoms with Crippen molar-refractivity contribution in [2.45, 2.75) is 17.9 Å². The highest BCUT2D eigenvalue weighted by molar-refractivity contribution is 7.89. The lowest BCUT2D eigenvalue weighted by molar-refractivity contribution is -0.154. The number of carbonyl (C=O) groups excluding carboxylic acids is 2. The van der Waals surface area contributed by atoms with Gasteiger partial charge in [0.2, 0.25) is 10.0 Å². The number of benzene rings is 1. The third-order valence-corrected chi connectivity index (χ3v) is 4.93. The van der Waals surface area contributed by atoms with Crippen LogP contribution in [-0.4, -0.2) is 57.9 Å². The molecular formula is C16H21NO6S. The number of carbonyl (C=O) groups is 2. The summed E-state index contributed by atoms with van der Waals surface area (Å²) >= 11 is 0. The first-order valence-electron chi connectivity index (χ1n) is 7.15. The first kappa shape index (κ1) is 20.0. The minimum atomic E-state index is -3.55. The summed E-state index contributed by atoms with van der Waals surface area (Å²) in [5, 5.41) is 0. The van der Waals surface area contributed by atoms with Gasteiger partial charge in [0.25, 0.3) is 0 Å². The first-order valence-corrected chi connectivity index (χ1v) is 8.59. The van der Waals surface area contributed by atoms with E-state index in [1.807, 2.05) is 0 Å². The molecule has 0 amide bonds. The van der Waals surface area contributed by atoms with E-state index in [-0.39, 0.29) is 17.1 Å². The van der Waals surface area contributed by atoms with Gasteiger partial charge in [-0.15, -0.1) is 6.58 Å². The SMILES string of the molecule is C=CCOC(C)C(=O)OCC(=O)c1ccc(S(=O)(=O)N(C)C)cc1. The second-order valence-corrected chi connectivity index (χ2v) is 7.26. The number of sulfonamides is 1. The average Bonchev–Trinajstić information content (AvgIpc) is 2.56. The molecule has 1 unspecified atom stereocenters. The van der Waals surface area contributed by atoms with Crippen LogP contribution in [0, 0.1) is 0 Å². The maximum Gasteiger partial charge on any atom is 0.335 e. The Bertz CT molecular complexity index is 694. The van der Waals surface area contributed by atoms with E-state index in [1.54, 1.807) is 0 Å². The van der Waals surface area contributed by atoms with Gasteiger partial charge in [0.05, 0.1) is 11.5 Å². The van der Waals surface area contributed by atoms with Crippen LogP contribution >= 0.6 is 0 Å². The van der Waals surface area contributed by atoms with Crippen LogP contribution in [0.3, 0.4) is 0 Å². The molecule has 0 spiro atoms. The topological polar surface area (TPSA) is 90.0 Å². The Hall–Kier alpha value is -2.03. The van der Waals surface area contributed by atoms with Crippen molar-refractivity contribution in [3.63, 3.8) is 0 Å². The fraction of sp³-hybridized carbons (Fsp3) is 0.375. The standard InChI is InChI=1S/C16H21NO6S/c1-5-10-22-12(2)16(19)23-11-15(18)13-6-8-14(9-7-13)24(20,21)17(3)4/h5-9,12H,1,10-11H2,2-4H3. The van der Waals surface area contributed by atoms with E-state index in [9.17, 15) is 18.0 Å². The van der Waals surface area contributed by atoms with Crippen molar-refractivity contribution in [1.82, 2.24) is 4.31 Å². The molecule has 0 heterocycles. The van der Waals surface area contributed by atoms with E-state index in [4.69, 9.17) is 9.47 Å². The lowest BCUT2D eigenvalue weighted by atomic mass is 10.1.